The molecule has 1 heteroatoms. The Hall–Kier alpha value is -3.84. The van der Waals surface area contributed by atoms with Crippen LogP contribution in [0.2, 0.25) is 0 Å². The second-order valence-corrected chi connectivity index (χ2v) is 8.31. The topological polar surface area (TPSA) is 3.24 Å². The molecule has 0 saturated carbocycles. The van der Waals surface area contributed by atoms with E-state index in [1.807, 2.05) is 0 Å². The Morgan fingerprint density at radius 2 is 1.16 bits per heavy atom. The van der Waals surface area contributed by atoms with Crippen molar-refractivity contribution in [2.45, 2.75) is 19.4 Å². The molecule has 1 unspecified atom stereocenters. The summed E-state index contributed by atoms with van der Waals surface area (Å²) in [5.41, 5.74) is 8.77. The summed E-state index contributed by atoms with van der Waals surface area (Å²) in [6.45, 7) is 2.12. The van der Waals surface area contributed by atoms with Crippen LogP contribution in [0.5, 0.6) is 0 Å². The summed E-state index contributed by atoms with van der Waals surface area (Å²) >= 11 is 0. The van der Waals surface area contributed by atoms with Crippen molar-refractivity contribution in [3.05, 3.63) is 139 Å². The third-order valence-corrected chi connectivity index (χ3v) is 6.08. The van der Waals surface area contributed by atoms with Gasteiger partial charge in [-0.2, -0.15) is 0 Å². The Morgan fingerprint density at radius 3 is 1.75 bits per heavy atom. The zero-order valence-electron chi connectivity index (χ0n) is 18.4. The number of hydrogen-bond acceptors (Lipinski definition) is 1. The minimum absolute atomic E-state index is 0.273. The SMILES string of the molecule is Cc1ccc(-c2ccc(N(c3ccccc3)C3C=CC(c4ccccc4)=CC3)cc2)cc1. The van der Waals surface area contributed by atoms with Crippen molar-refractivity contribution in [2.75, 3.05) is 4.90 Å². The van der Waals surface area contributed by atoms with E-state index in [1.54, 1.807) is 0 Å². The van der Waals surface area contributed by atoms with E-state index in [0.717, 1.165) is 6.42 Å². The zero-order chi connectivity index (χ0) is 21.8. The molecule has 5 rings (SSSR count). The maximum atomic E-state index is 2.44. The normalized spacial score (nSPS) is 15.3. The third-order valence-electron chi connectivity index (χ3n) is 6.08. The number of allylic oxidation sites excluding steroid dienone is 2. The van der Waals surface area contributed by atoms with Gasteiger partial charge in [-0.25, -0.2) is 0 Å². The second kappa shape index (κ2) is 9.11. The molecule has 156 valence electrons. The first-order valence-electron chi connectivity index (χ1n) is 11.2. The third kappa shape index (κ3) is 4.29. The van der Waals surface area contributed by atoms with E-state index < -0.39 is 0 Å². The molecule has 32 heavy (non-hydrogen) atoms. The molecule has 1 atom stereocenters. The first-order valence-corrected chi connectivity index (χ1v) is 11.2. The molecule has 0 spiro atoms. The number of hydrogen-bond donors (Lipinski definition) is 0. The van der Waals surface area contributed by atoms with Gasteiger partial charge in [0.05, 0.1) is 6.04 Å². The molecular weight excluding hydrogens is 386 g/mol. The summed E-state index contributed by atoms with van der Waals surface area (Å²) in [7, 11) is 0. The maximum Gasteiger partial charge on any atom is 0.0560 e. The van der Waals surface area contributed by atoms with Crippen LogP contribution in [0.15, 0.2) is 127 Å². The molecule has 0 saturated heterocycles. The van der Waals surface area contributed by atoms with Gasteiger partial charge in [0.25, 0.3) is 0 Å². The van der Waals surface area contributed by atoms with Crippen LogP contribution in [0.25, 0.3) is 16.7 Å². The van der Waals surface area contributed by atoms with E-state index in [4.69, 9.17) is 0 Å². The van der Waals surface area contributed by atoms with Gasteiger partial charge in [0.1, 0.15) is 0 Å². The summed E-state index contributed by atoms with van der Waals surface area (Å²) in [4.78, 5) is 2.44. The number of rotatable bonds is 5. The molecule has 0 radical (unpaired) electrons. The summed E-state index contributed by atoms with van der Waals surface area (Å²) in [5.74, 6) is 0. The highest BCUT2D eigenvalue weighted by Crippen LogP contribution is 2.34. The quantitative estimate of drug-likeness (QED) is 0.318. The van der Waals surface area contributed by atoms with E-state index in [-0.39, 0.29) is 6.04 Å². The summed E-state index contributed by atoms with van der Waals surface area (Å²) in [5, 5.41) is 0. The fourth-order valence-electron chi connectivity index (χ4n) is 4.33. The van der Waals surface area contributed by atoms with Crippen molar-refractivity contribution in [1.82, 2.24) is 0 Å². The Bertz CT molecular complexity index is 1220. The van der Waals surface area contributed by atoms with Gasteiger partial charge >= 0.3 is 0 Å². The minimum atomic E-state index is 0.273. The Balaban J connectivity index is 1.44. The molecule has 0 amide bonds. The molecule has 0 N–H and O–H groups in total. The summed E-state index contributed by atoms with van der Waals surface area (Å²) < 4.78 is 0. The molecule has 1 aliphatic carbocycles. The molecule has 0 fully saturated rings. The van der Waals surface area contributed by atoms with E-state index >= 15 is 0 Å². The van der Waals surface area contributed by atoms with Gasteiger partial charge in [0.2, 0.25) is 0 Å². The van der Waals surface area contributed by atoms with Gasteiger partial charge in [-0.05, 0) is 59.9 Å². The maximum absolute atomic E-state index is 2.44. The average molecular weight is 414 g/mol. The first-order chi connectivity index (χ1) is 15.8. The Labute approximate surface area is 191 Å². The van der Waals surface area contributed by atoms with Crippen molar-refractivity contribution >= 4 is 16.9 Å². The predicted molar refractivity (Wildman–Crippen MR) is 137 cm³/mol. The monoisotopic (exact) mass is 413 g/mol. The Morgan fingerprint density at radius 1 is 0.594 bits per heavy atom. The highest BCUT2D eigenvalue weighted by Gasteiger charge is 2.20. The fraction of sp³-hybridized carbons (Fsp3) is 0.0968. The van der Waals surface area contributed by atoms with E-state index in [2.05, 4.69) is 139 Å². The molecule has 4 aromatic rings. The van der Waals surface area contributed by atoms with Crippen molar-refractivity contribution in [3.8, 4) is 11.1 Å². The number of aryl methyl sites for hydroxylation is 1. The molecule has 0 aromatic heterocycles. The molecule has 4 aromatic carbocycles. The number of anilines is 2. The van der Waals surface area contributed by atoms with Crippen LogP contribution in [-0.4, -0.2) is 6.04 Å². The van der Waals surface area contributed by atoms with Crippen molar-refractivity contribution < 1.29 is 0 Å². The summed E-state index contributed by atoms with van der Waals surface area (Å²) in [6.07, 6.45) is 7.93. The van der Waals surface area contributed by atoms with Gasteiger partial charge in [-0.15, -0.1) is 0 Å². The molecular formula is C31H27N. The van der Waals surface area contributed by atoms with Crippen LogP contribution in [0.4, 0.5) is 11.4 Å². The van der Waals surface area contributed by atoms with Crippen molar-refractivity contribution in [1.29, 1.82) is 0 Å². The van der Waals surface area contributed by atoms with E-state index in [0.29, 0.717) is 0 Å². The van der Waals surface area contributed by atoms with Gasteiger partial charge in [0.15, 0.2) is 0 Å². The standard InChI is InChI=1S/C31H27N/c1-24-12-14-26(15-13-24)28-18-22-31(23-19-28)32(29-10-6-3-7-11-29)30-20-16-27(17-21-30)25-8-4-2-5-9-25/h2-20,22-23,30H,21H2,1H3. The summed E-state index contributed by atoms with van der Waals surface area (Å²) in [6, 6.07) is 39.2. The highest BCUT2D eigenvalue weighted by molar-refractivity contribution is 5.77. The molecule has 1 aliphatic rings. The first kappa shape index (κ1) is 20.1. The van der Waals surface area contributed by atoms with Gasteiger partial charge in [0, 0.05) is 11.4 Å². The predicted octanol–water partition coefficient (Wildman–Crippen LogP) is 8.21. The van der Waals surface area contributed by atoms with Crippen LogP contribution >= 0.6 is 0 Å². The Kier molecular flexibility index (Phi) is 5.72. The smallest absolute Gasteiger partial charge is 0.0560 e. The molecule has 0 aliphatic heterocycles. The van der Waals surface area contributed by atoms with Gasteiger partial charge in [-0.1, -0.05) is 109 Å². The number of benzene rings is 4. The van der Waals surface area contributed by atoms with E-state index in [9.17, 15) is 0 Å². The largest absolute Gasteiger partial charge is 0.334 e. The lowest BCUT2D eigenvalue weighted by Gasteiger charge is -2.33. The lowest BCUT2D eigenvalue weighted by atomic mass is 9.95. The van der Waals surface area contributed by atoms with Crippen LogP contribution in [0.1, 0.15) is 17.5 Å². The molecule has 0 bridgehead atoms. The number of para-hydroxylation sites is 1. The van der Waals surface area contributed by atoms with Crippen LogP contribution in [-0.2, 0) is 0 Å². The lowest BCUT2D eigenvalue weighted by molar-refractivity contribution is 0.787. The minimum Gasteiger partial charge on any atom is -0.334 e. The zero-order valence-corrected chi connectivity index (χ0v) is 18.4. The number of nitrogens with zero attached hydrogens (tertiary/aromatic N) is 1. The molecule has 1 nitrogen and oxygen atoms in total. The van der Waals surface area contributed by atoms with Gasteiger partial charge in [-0.3, -0.25) is 0 Å². The second-order valence-electron chi connectivity index (χ2n) is 8.31. The van der Waals surface area contributed by atoms with Crippen LogP contribution in [0.3, 0.4) is 0 Å². The molecule has 0 heterocycles. The highest BCUT2D eigenvalue weighted by atomic mass is 15.2. The van der Waals surface area contributed by atoms with E-state index in [1.165, 1.54) is 39.2 Å². The van der Waals surface area contributed by atoms with Crippen molar-refractivity contribution in [3.63, 3.8) is 0 Å². The van der Waals surface area contributed by atoms with Crippen molar-refractivity contribution in [2.24, 2.45) is 0 Å². The fourth-order valence-corrected chi connectivity index (χ4v) is 4.33. The van der Waals surface area contributed by atoms with Crippen LogP contribution in [0, 0.1) is 6.92 Å². The van der Waals surface area contributed by atoms with Gasteiger partial charge < -0.3 is 4.90 Å². The van der Waals surface area contributed by atoms with Crippen LogP contribution < -0.4 is 4.90 Å². The lowest BCUT2D eigenvalue weighted by Crippen LogP contribution is -2.30. The average Bonchev–Trinajstić information content (AvgIpc) is 2.87.